The number of hydrogen-bond acceptors (Lipinski definition) is 2. The van der Waals surface area contributed by atoms with Crippen LogP contribution in [-0.2, 0) is 0 Å². The Morgan fingerprint density at radius 1 is 1.56 bits per heavy atom. The van der Waals surface area contributed by atoms with Gasteiger partial charge in [0.15, 0.2) is 0 Å². The van der Waals surface area contributed by atoms with Gasteiger partial charge in [-0.2, -0.15) is 0 Å². The van der Waals surface area contributed by atoms with Crippen molar-refractivity contribution in [3.8, 4) is 0 Å². The summed E-state index contributed by atoms with van der Waals surface area (Å²) in [5, 5.41) is 3.05. The summed E-state index contributed by atoms with van der Waals surface area (Å²) in [6.45, 7) is 4.16. The van der Waals surface area contributed by atoms with E-state index in [0.29, 0.717) is 5.56 Å². The van der Waals surface area contributed by atoms with E-state index in [0.717, 1.165) is 12.8 Å². The number of rotatable bonds is 6. The number of hydrogen-bond donors (Lipinski definition) is 1. The van der Waals surface area contributed by atoms with Crippen LogP contribution >= 0.6 is 11.6 Å². The molecule has 1 rings (SSSR count). The van der Waals surface area contributed by atoms with Crippen molar-refractivity contribution < 1.29 is 9.21 Å². The zero-order chi connectivity index (χ0) is 12.0. The number of unbranched alkanes of at least 4 members (excludes halogenated alkanes) is 2. The highest BCUT2D eigenvalue weighted by Gasteiger charge is 2.14. The van der Waals surface area contributed by atoms with Crippen molar-refractivity contribution in [1.29, 1.82) is 0 Å². The number of nitrogens with one attached hydrogen (secondary N) is 1. The molecule has 1 heterocycles. The normalized spacial score (nSPS) is 12.4. The molecule has 0 bridgehead atoms. The Hall–Kier alpha value is -0.960. The second kappa shape index (κ2) is 6.59. The van der Waals surface area contributed by atoms with Crippen LogP contribution in [0.15, 0.2) is 16.7 Å². The van der Waals surface area contributed by atoms with Crippen molar-refractivity contribution >= 4 is 17.5 Å². The minimum Gasteiger partial charge on any atom is -0.452 e. The predicted octanol–water partition coefficient (Wildman–Crippen LogP) is 3.63. The molecule has 1 N–H and O–H groups in total. The third kappa shape index (κ3) is 3.89. The molecule has 1 unspecified atom stereocenters. The second-order valence-corrected chi connectivity index (χ2v) is 4.32. The average molecular weight is 244 g/mol. The maximum absolute atomic E-state index is 11.7. The Kier molecular flexibility index (Phi) is 5.39. The predicted molar refractivity (Wildman–Crippen MR) is 64.8 cm³/mol. The van der Waals surface area contributed by atoms with Gasteiger partial charge in [0.05, 0.1) is 11.8 Å². The molecule has 0 radical (unpaired) electrons. The van der Waals surface area contributed by atoms with Gasteiger partial charge in [-0.3, -0.25) is 4.79 Å². The first-order valence-corrected chi connectivity index (χ1v) is 6.06. The lowest BCUT2D eigenvalue weighted by atomic mass is 10.1. The van der Waals surface area contributed by atoms with Crippen LogP contribution in [0, 0.1) is 0 Å². The molecule has 0 aliphatic heterocycles. The molecule has 1 aromatic heterocycles. The Bertz CT molecular complexity index is 336. The molecular formula is C12H18ClNO2. The number of amides is 1. The van der Waals surface area contributed by atoms with Gasteiger partial charge in [-0.25, -0.2) is 0 Å². The van der Waals surface area contributed by atoms with E-state index in [9.17, 15) is 4.79 Å². The summed E-state index contributed by atoms with van der Waals surface area (Å²) in [5.41, 5.74) is 0.406. The van der Waals surface area contributed by atoms with E-state index in [2.05, 4.69) is 12.2 Å². The number of furan rings is 1. The Labute approximate surface area is 101 Å². The summed E-state index contributed by atoms with van der Waals surface area (Å²) in [7, 11) is 0. The Morgan fingerprint density at radius 2 is 2.31 bits per heavy atom. The van der Waals surface area contributed by atoms with Crippen LogP contribution in [0.2, 0.25) is 5.22 Å². The first kappa shape index (κ1) is 13.1. The first-order chi connectivity index (χ1) is 7.65. The molecule has 1 amide bonds. The fourth-order valence-electron chi connectivity index (χ4n) is 1.53. The van der Waals surface area contributed by atoms with Crippen molar-refractivity contribution in [2.75, 3.05) is 0 Å². The highest BCUT2D eigenvalue weighted by atomic mass is 35.5. The highest BCUT2D eigenvalue weighted by Crippen LogP contribution is 2.16. The fourth-order valence-corrected chi connectivity index (χ4v) is 1.73. The van der Waals surface area contributed by atoms with E-state index in [4.69, 9.17) is 16.0 Å². The van der Waals surface area contributed by atoms with Crippen molar-refractivity contribution in [3.63, 3.8) is 0 Å². The molecular weight excluding hydrogens is 226 g/mol. The minimum atomic E-state index is -0.164. The molecule has 90 valence electrons. The molecule has 0 spiro atoms. The second-order valence-electron chi connectivity index (χ2n) is 3.98. The van der Waals surface area contributed by atoms with Gasteiger partial charge in [0, 0.05) is 6.04 Å². The lowest BCUT2D eigenvalue weighted by Crippen LogP contribution is -2.32. The molecule has 0 aromatic carbocycles. The average Bonchev–Trinajstić information content (AvgIpc) is 2.65. The zero-order valence-electron chi connectivity index (χ0n) is 9.75. The smallest absolute Gasteiger partial charge is 0.256 e. The molecule has 4 heteroatoms. The van der Waals surface area contributed by atoms with E-state index in [-0.39, 0.29) is 17.2 Å². The first-order valence-electron chi connectivity index (χ1n) is 5.69. The lowest BCUT2D eigenvalue weighted by Gasteiger charge is -2.12. The molecule has 1 atom stereocenters. The molecule has 3 nitrogen and oxygen atoms in total. The van der Waals surface area contributed by atoms with Gasteiger partial charge in [-0.15, -0.1) is 0 Å². The quantitative estimate of drug-likeness (QED) is 0.776. The molecule has 0 aliphatic carbocycles. The standard InChI is InChI=1S/C12H18ClNO2/c1-3-4-5-6-9(2)14-12(15)10-7-8-16-11(10)13/h7-9H,3-6H2,1-2H3,(H,14,15). The summed E-state index contributed by atoms with van der Waals surface area (Å²) in [5.74, 6) is -0.164. The van der Waals surface area contributed by atoms with Gasteiger partial charge in [-0.1, -0.05) is 26.2 Å². The van der Waals surface area contributed by atoms with E-state index >= 15 is 0 Å². The topological polar surface area (TPSA) is 42.2 Å². The van der Waals surface area contributed by atoms with Crippen molar-refractivity contribution in [2.45, 2.75) is 45.6 Å². The molecule has 0 fully saturated rings. The maximum atomic E-state index is 11.7. The Morgan fingerprint density at radius 3 is 2.88 bits per heavy atom. The highest BCUT2D eigenvalue weighted by molar-refractivity contribution is 6.32. The van der Waals surface area contributed by atoms with Crippen LogP contribution < -0.4 is 5.32 Å². The monoisotopic (exact) mass is 243 g/mol. The van der Waals surface area contributed by atoms with Gasteiger partial charge in [-0.05, 0) is 31.0 Å². The third-order valence-electron chi connectivity index (χ3n) is 2.48. The third-order valence-corrected chi connectivity index (χ3v) is 2.77. The van der Waals surface area contributed by atoms with Crippen LogP contribution in [0.5, 0.6) is 0 Å². The van der Waals surface area contributed by atoms with E-state index < -0.39 is 0 Å². The largest absolute Gasteiger partial charge is 0.452 e. The van der Waals surface area contributed by atoms with Crippen molar-refractivity contribution in [1.82, 2.24) is 5.32 Å². The number of carbonyl (C=O) groups excluding carboxylic acids is 1. The molecule has 1 aromatic rings. The summed E-state index contributed by atoms with van der Waals surface area (Å²) in [6.07, 6.45) is 5.94. The van der Waals surface area contributed by atoms with E-state index in [1.54, 1.807) is 6.07 Å². The van der Waals surface area contributed by atoms with Gasteiger partial charge in [0.25, 0.3) is 5.91 Å². The number of halogens is 1. The molecule has 0 saturated carbocycles. The van der Waals surface area contributed by atoms with Gasteiger partial charge in [0.1, 0.15) is 0 Å². The minimum absolute atomic E-state index is 0.151. The summed E-state index contributed by atoms with van der Waals surface area (Å²) in [6, 6.07) is 1.75. The number of carbonyl (C=O) groups is 1. The van der Waals surface area contributed by atoms with Crippen molar-refractivity contribution in [2.24, 2.45) is 0 Å². The molecule has 16 heavy (non-hydrogen) atoms. The van der Waals surface area contributed by atoms with Crippen LogP contribution in [0.1, 0.15) is 49.9 Å². The summed E-state index contributed by atoms with van der Waals surface area (Å²) in [4.78, 5) is 11.7. The summed E-state index contributed by atoms with van der Waals surface area (Å²) >= 11 is 5.72. The lowest BCUT2D eigenvalue weighted by molar-refractivity contribution is 0.0937. The van der Waals surface area contributed by atoms with Gasteiger partial charge in [0.2, 0.25) is 5.22 Å². The molecule has 0 saturated heterocycles. The summed E-state index contributed by atoms with van der Waals surface area (Å²) < 4.78 is 4.87. The molecule has 0 aliphatic rings. The van der Waals surface area contributed by atoms with Gasteiger partial charge < -0.3 is 9.73 Å². The zero-order valence-corrected chi connectivity index (χ0v) is 10.5. The van der Waals surface area contributed by atoms with Gasteiger partial charge >= 0.3 is 0 Å². The van der Waals surface area contributed by atoms with Crippen LogP contribution in [0.25, 0.3) is 0 Å². The van der Waals surface area contributed by atoms with E-state index in [1.807, 2.05) is 6.92 Å². The fraction of sp³-hybridized carbons (Fsp3) is 0.583. The van der Waals surface area contributed by atoms with Crippen LogP contribution in [-0.4, -0.2) is 11.9 Å². The van der Waals surface area contributed by atoms with E-state index in [1.165, 1.54) is 19.1 Å². The van der Waals surface area contributed by atoms with Crippen LogP contribution in [0.4, 0.5) is 0 Å². The Balaban J connectivity index is 2.37. The SMILES string of the molecule is CCCCCC(C)NC(=O)c1ccoc1Cl. The van der Waals surface area contributed by atoms with Crippen LogP contribution in [0.3, 0.4) is 0 Å². The van der Waals surface area contributed by atoms with Crippen molar-refractivity contribution in [3.05, 3.63) is 23.1 Å². The maximum Gasteiger partial charge on any atom is 0.256 e.